The second-order valence-electron chi connectivity index (χ2n) is 7.16. The normalized spacial score (nSPS) is 12.1. The molecule has 0 saturated carbocycles. The van der Waals surface area contributed by atoms with E-state index in [2.05, 4.69) is 5.32 Å². The summed E-state index contributed by atoms with van der Waals surface area (Å²) in [6.07, 6.45) is -0.636. The number of benzene rings is 2. The van der Waals surface area contributed by atoms with Gasteiger partial charge in [-0.3, -0.25) is 0 Å². The number of carbonyl (C=O) groups excluding carboxylic acids is 1. The molecule has 2 aromatic carbocycles. The van der Waals surface area contributed by atoms with Crippen molar-refractivity contribution in [1.82, 2.24) is 5.32 Å². The topological polar surface area (TPSA) is 84.9 Å². The van der Waals surface area contributed by atoms with E-state index in [1.165, 1.54) is 0 Å². The summed E-state index contributed by atoms with van der Waals surface area (Å²) >= 11 is 0. The molecule has 0 aliphatic carbocycles. The lowest BCUT2D eigenvalue weighted by Gasteiger charge is -2.22. The van der Waals surface area contributed by atoms with Crippen LogP contribution in [0.5, 0.6) is 5.75 Å². The Hall–Kier alpha value is -3.02. The van der Waals surface area contributed by atoms with Gasteiger partial charge in [0.1, 0.15) is 24.0 Å². The zero-order valence-corrected chi connectivity index (χ0v) is 15.8. The van der Waals surface area contributed by atoms with Gasteiger partial charge in [-0.1, -0.05) is 42.5 Å². The molecule has 27 heavy (non-hydrogen) atoms. The monoisotopic (exact) mass is 371 g/mol. The van der Waals surface area contributed by atoms with Crippen LogP contribution in [-0.4, -0.2) is 28.8 Å². The molecule has 2 N–H and O–H groups in total. The van der Waals surface area contributed by atoms with Crippen molar-refractivity contribution in [2.45, 2.75) is 45.4 Å². The molecule has 0 heterocycles. The van der Waals surface area contributed by atoms with Gasteiger partial charge in [0.15, 0.2) is 0 Å². The maximum atomic E-state index is 11.9. The van der Waals surface area contributed by atoms with Crippen molar-refractivity contribution in [3.8, 4) is 5.75 Å². The molecule has 0 spiro atoms. The second-order valence-corrected chi connectivity index (χ2v) is 7.16. The van der Waals surface area contributed by atoms with E-state index in [0.29, 0.717) is 12.4 Å². The van der Waals surface area contributed by atoms with Crippen LogP contribution in [0.2, 0.25) is 0 Å². The quantitative estimate of drug-likeness (QED) is 0.774. The van der Waals surface area contributed by atoms with Crippen LogP contribution in [0.4, 0.5) is 4.79 Å². The highest BCUT2D eigenvalue weighted by Crippen LogP contribution is 2.17. The highest BCUT2D eigenvalue weighted by atomic mass is 16.6. The first-order chi connectivity index (χ1) is 12.7. The Balaban J connectivity index is 1.99. The molecular formula is C21H25NO5. The van der Waals surface area contributed by atoms with Crippen LogP contribution in [0.15, 0.2) is 54.6 Å². The van der Waals surface area contributed by atoms with Gasteiger partial charge in [0.2, 0.25) is 0 Å². The van der Waals surface area contributed by atoms with Crippen molar-refractivity contribution in [2.24, 2.45) is 0 Å². The third-order valence-electron chi connectivity index (χ3n) is 3.58. The molecule has 0 fully saturated rings. The number of amides is 1. The number of rotatable bonds is 7. The van der Waals surface area contributed by atoms with Gasteiger partial charge >= 0.3 is 12.1 Å². The van der Waals surface area contributed by atoms with E-state index >= 15 is 0 Å². The molecule has 0 aliphatic rings. The van der Waals surface area contributed by atoms with Crippen LogP contribution in [0.25, 0.3) is 0 Å². The van der Waals surface area contributed by atoms with E-state index in [4.69, 9.17) is 9.47 Å². The largest absolute Gasteiger partial charge is 0.489 e. The molecule has 0 saturated heterocycles. The molecule has 6 heteroatoms. The zero-order valence-electron chi connectivity index (χ0n) is 15.8. The summed E-state index contributed by atoms with van der Waals surface area (Å²) in [6.45, 7) is 5.57. The zero-order chi connectivity index (χ0) is 19.9. The van der Waals surface area contributed by atoms with Gasteiger partial charge in [0.05, 0.1) is 0 Å². The Morgan fingerprint density at radius 2 is 1.70 bits per heavy atom. The number of alkyl carbamates (subject to hydrolysis) is 1. The third-order valence-corrected chi connectivity index (χ3v) is 3.58. The van der Waals surface area contributed by atoms with Crippen molar-refractivity contribution in [3.05, 3.63) is 65.7 Å². The number of ether oxygens (including phenoxy) is 2. The minimum absolute atomic E-state index is 0.122. The molecule has 0 aliphatic heterocycles. The van der Waals surface area contributed by atoms with E-state index < -0.39 is 23.7 Å². The number of nitrogens with one attached hydrogen (secondary N) is 1. The number of hydrogen-bond acceptors (Lipinski definition) is 4. The predicted octanol–water partition coefficient (Wildman–Crippen LogP) is 3.79. The predicted molar refractivity (Wildman–Crippen MR) is 102 cm³/mol. The smallest absolute Gasteiger partial charge is 0.408 e. The Bertz CT molecular complexity index is 768. The molecule has 0 radical (unpaired) electrons. The van der Waals surface area contributed by atoms with E-state index in [1.807, 2.05) is 36.4 Å². The molecule has 2 rings (SSSR count). The lowest BCUT2D eigenvalue weighted by molar-refractivity contribution is -0.139. The first-order valence-corrected chi connectivity index (χ1v) is 8.71. The Morgan fingerprint density at radius 1 is 1.04 bits per heavy atom. The summed E-state index contributed by atoms with van der Waals surface area (Å²) in [5.41, 5.74) is 1.08. The van der Waals surface area contributed by atoms with Crippen molar-refractivity contribution in [3.63, 3.8) is 0 Å². The minimum atomic E-state index is -1.13. The van der Waals surface area contributed by atoms with Gasteiger partial charge in [-0.25, -0.2) is 9.59 Å². The number of hydrogen-bond donors (Lipinski definition) is 2. The van der Waals surface area contributed by atoms with Crippen LogP contribution in [-0.2, 0) is 22.6 Å². The van der Waals surface area contributed by atoms with Crippen LogP contribution in [0, 0.1) is 0 Å². The maximum absolute atomic E-state index is 11.9. The molecule has 2 aromatic rings. The number of carbonyl (C=O) groups is 2. The van der Waals surface area contributed by atoms with E-state index in [9.17, 15) is 14.7 Å². The summed E-state index contributed by atoms with van der Waals surface area (Å²) in [6, 6.07) is 15.8. The van der Waals surface area contributed by atoms with E-state index in [0.717, 1.165) is 11.1 Å². The number of carboxylic acid groups (broad SMARTS) is 1. The number of aliphatic carboxylic acids is 1. The fourth-order valence-corrected chi connectivity index (χ4v) is 2.39. The third kappa shape index (κ3) is 7.40. The van der Waals surface area contributed by atoms with Gasteiger partial charge in [-0.05, 0) is 44.0 Å². The van der Waals surface area contributed by atoms with Crippen molar-refractivity contribution < 1.29 is 24.2 Å². The van der Waals surface area contributed by atoms with E-state index in [-0.39, 0.29) is 6.42 Å². The second kappa shape index (κ2) is 9.07. The van der Waals surface area contributed by atoms with Crippen LogP contribution < -0.4 is 10.1 Å². The Kier molecular flexibility index (Phi) is 6.82. The average Bonchev–Trinajstić information content (AvgIpc) is 2.59. The first kappa shape index (κ1) is 20.3. The van der Waals surface area contributed by atoms with Crippen molar-refractivity contribution in [2.75, 3.05) is 0 Å². The Morgan fingerprint density at radius 3 is 2.33 bits per heavy atom. The summed E-state index contributed by atoms with van der Waals surface area (Å²) in [4.78, 5) is 23.4. The van der Waals surface area contributed by atoms with Crippen LogP contribution in [0.3, 0.4) is 0 Å². The molecule has 1 unspecified atom stereocenters. The average molecular weight is 371 g/mol. The molecule has 144 valence electrons. The van der Waals surface area contributed by atoms with Gasteiger partial charge < -0.3 is 19.9 Å². The molecular weight excluding hydrogens is 346 g/mol. The maximum Gasteiger partial charge on any atom is 0.408 e. The molecule has 0 aromatic heterocycles. The molecule has 1 amide bonds. The standard InChI is InChI=1S/C21H25NO5/c1-21(2,3)27-20(25)22-18(19(23)24)13-16-10-7-11-17(12-16)26-14-15-8-5-4-6-9-15/h4-12,18H,13-14H2,1-3H3,(H,22,25)(H,23,24). The van der Waals surface area contributed by atoms with Gasteiger partial charge in [0.25, 0.3) is 0 Å². The summed E-state index contributed by atoms with van der Waals surface area (Å²) in [7, 11) is 0. The highest BCUT2D eigenvalue weighted by molar-refractivity contribution is 5.80. The fraction of sp³-hybridized carbons (Fsp3) is 0.333. The number of carboxylic acids is 1. The van der Waals surface area contributed by atoms with Crippen molar-refractivity contribution >= 4 is 12.1 Å². The molecule has 1 atom stereocenters. The summed E-state index contributed by atoms with van der Waals surface area (Å²) < 4.78 is 10.9. The summed E-state index contributed by atoms with van der Waals surface area (Å²) in [5, 5.41) is 11.8. The lowest BCUT2D eigenvalue weighted by Crippen LogP contribution is -2.44. The van der Waals surface area contributed by atoms with Gasteiger partial charge in [-0.15, -0.1) is 0 Å². The van der Waals surface area contributed by atoms with Crippen LogP contribution >= 0.6 is 0 Å². The highest BCUT2D eigenvalue weighted by Gasteiger charge is 2.24. The van der Waals surface area contributed by atoms with Crippen LogP contribution in [0.1, 0.15) is 31.9 Å². The minimum Gasteiger partial charge on any atom is -0.489 e. The molecule has 6 nitrogen and oxygen atoms in total. The van der Waals surface area contributed by atoms with Gasteiger partial charge in [0, 0.05) is 6.42 Å². The Labute approximate surface area is 159 Å². The van der Waals surface area contributed by atoms with Gasteiger partial charge in [-0.2, -0.15) is 0 Å². The summed E-state index contributed by atoms with van der Waals surface area (Å²) in [5.74, 6) is -0.491. The first-order valence-electron chi connectivity index (χ1n) is 8.71. The SMILES string of the molecule is CC(C)(C)OC(=O)NC(Cc1cccc(OCc2ccccc2)c1)C(=O)O. The lowest BCUT2D eigenvalue weighted by atomic mass is 10.1. The van der Waals surface area contributed by atoms with E-state index in [1.54, 1.807) is 39.0 Å². The fourth-order valence-electron chi connectivity index (χ4n) is 2.39. The molecule has 0 bridgehead atoms. The van der Waals surface area contributed by atoms with Crippen molar-refractivity contribution in [1.29, 1.82) is 0 Å².